The molecule has 0 aliphatic carbocycles. The number of azo groups is 1. The molecule has 0 saturated heterocycles. The van der Waals surface area contributed by atoms with Gasteiger partial charge < -0.3 is 0 Å². The van der Waals surface area contributed by atoms with Crippen molar-refractivity contribution in [3.63, 3.8) is 0 Å². The highest BCUT2D eigenvalue weighted by Gasteiger charge is 2.06. The van der Waals surface area contributed by atoms with Crippen molar-refractivity contribution in [2.75, 3.05) is 0 Å². The first kappa shape index (κ1) is 11.8. The SMILES string of the molecule is CC(C)N=Nc1c(Cl)cc(Cl)cc1Cl. The summed E-state index contributed by atoms with van der Waals surface area (Å²) >= 11 is 17.5. The Balaban J connectivity index is 3.09. The van der Waals surface area contributed by atoms with Gasteiger partial charge in [0.1, 0.15) is 5.69 Å². The summed E-state index contributed by atoms with van der Waals surface area (Å²) in [4.78, 5) is 0. The van der Waals surface area contributed by atoms with Crippen LogP contribution in [0.25, 0.3) is 0 Å². The molecule has 1 aromatic rings. The summed E-state index contributed by atoms with van der Waals surface area (Å²) in [6.45, 7) is 3.84. The maximum Gasteiger partial charge on any atom is 0.123 e. The zero-order valence-electron chi connectivity index (χ0n) is 7.76. The molecule has 0 bridgehead atoms. The van der Waals surface area contributed by atoms with E-state index in [1.807, 2.05) is 13.8 Å². The van der Waals surface area contributed by atoms with Gasteiger partial charge in [-0.25, -0.2) is 0 Å². The van der Waals surface area contributed by atoms with Gasteiger partial charge in [-0.3, -0.25) is 0 Å². The fourth-order valence-electron chi connectivity index (χ4n) is 0.803. The fraction of sp³-hybridized carbons (Fsp3) is 0.333. The summed E-state index contributed by atoms with van der Waals surface area (Å²) in [7, 11) is 0. The molecule has 0 atom stereocenters. The van der Waals surface area contributed by atoms with Crippen LogP contribution in [-0.2, 0) is 0 Å². The molecule has 0 aromatic heterocycles. The standard InChI is InChI=1S/C9H9Cl3N2/c1-5(2)13-14-9-7(11)3-6(10)4-8(9)12/h3-5H,1-2H3. The highest BCUT2D eigenvalue weighted by Crippen LogP contribution is 2.36. The van der Waals surface area contributed by atoms with Crippen molar-refractivity contribution in [3.8, 4) is 0 Å². The summed E-state index contributed by atoms with van der Waals surface area (Å²) in [5.74, 6) is 0. The van der Waals surface area contributed by atoms with E-state index in [0.29, 0.717) is 20.8 Å². The lowest BCUT2D eigenvalue weighted by atomic mass is 10.3. The van der Waals surface area contributed by atoms with Gasteiger partial charge >= 0.3 is 0 Å². The molecule has 1 rings (SSSR count). The van der Waals surface area contributed by atoms with E-state index >= 15 is 0 Å². The van der Waals surface area contributed by atoms with Crippen molar-refractivity contribution in [1.29, 1.82) is 0 Å². The van der Waals surface area contributed by atoms with E-state index in [-0.39, 0.29) is 6.04 Å². The topological polar surface area (TPSA) is 24.7 Å². The molecular weight excluding hydrogens is 242 g/mol. The second kappa shape index (κ2) is 4.96. The van der Waals surface area contributed by atoms with E-state index in [2.05, 4.69) is 10.2 Å². The zero-order valence-corrected chi connectivity index (χ0v) is 10.0. The van der Waals surface area contributed by atoms with Crippen LogP contribution >= 0.6 is 34.8 Å². The van der Waals surface area contributed by atoms with Gasteiger partial charge in [0.15, 0.2) is 0 Å². The van der Waals surface area contributed by atoms with Crippen molar-refractivity contribution >= 4 is 40.5 Å². The number of rotatable bonds is 2. The maximum atomic E-state index is 5.90. The van der Waals surface area contributed by atoms with Crippen molar-refractivity contribution in [3.05, 3.63) is 27.2 Å². The third-order valence-electron chi connectivity index (χ3n) is 1.37. The molecule has 0 fully saturated rings. The molecule has 14 heavy (non-hydrogen) atoms. The number of benzene rings is 1. The molecule has 0 aliphatic heterocycles. The maximum absolute atomic E-state index is 5.90. The first-order chi connectivity index (χ1) is 6.50. The minimum atomic E-state index is 0.109. The van der Waals surface area contributed by atoms with Gasteiger partial charge in [-0.15, -0.1) is 0 Å². The van der Waals surface area contributed by atoms with Crippen LogP contribution in [0.1, 0.15) is 13.8 Å². The Morgan fingerprint density at radius 3 is 2.00 bits per heavy atom. The number of nitrogens with zero attached hydrogens (tertiary/aromatic N) is 2. The van der Waals surface area contributed by atoms with Gasteiger partial charge in [-0.1, -0.05) is 34.8 Å². The average Bonchev–Trinajstić information content (AvgIpc) is 2.01. The van der Waals surface area contributed by atoms with E-state index in [0.717, 1.165) is 0 Å². The highest BCUT2D eigenvalue weighted by atomic mass is 35.5. The van der Waals surface area contributed by atoms with E-state index in [4.69, 9.17) is 34.8 Å². The molecule has 0 radical (unpaired) electrons. The molecule has 0 heterocycles. The van der Waals surface area contributed by atoms with E-state index < -0.39 is 0 Å². The Labute approximate surface area is 97.9 Å². The normalized spacial score (nSPS) is 11.6. The number of hydrogen-bond acceptors (Lipinski definition) is 2. The van der Waals surface area contributed by atoms with Crippen molar-refractivity contribution in [2.24, 2.45) is 10.2 Å². The zero-order chi connectivity index (χ0) is 10.7. The van der Waals surface area contributed by atoms with Crippen LogP contribution in [0.2, 0.25) is 15.1 Å². The molecule has 2 nitrogen and oxygen atoms in total. The number of halogens is 3. The lowest BCUT2D eigenvalue weighted by Crippen LogP contribution is -1.84. The summed E-state index contributed by atoms with van der Waals surface area (Å²) < 4.78 is 0. The molecule has 1 aromatic carbocycles. The van der Waals surface area contributed by atoms with Crippen molar-refractivity contribution < 1.29 is 0 Å². The molecule has 0 N–H and O–H groups in total. The predicted molar refractivity (Wildman–Crippen MR) is 61.1 cm³/mol. The molecule has 0 saturated carbocycles. The largest absolute Gasteiger partial charge is 0.186 e. The van der Waals surface area contributed by atoms with E-state index in [1.165, 1.54) is 0 Å². The molecule has 0 amide bonds. The van der Waals surface area contributed by atoms with Gasteiger partial charge in [0.2, 0.25) is 0 Å². The summed E-state index contributed by atoms with van der Waals surface area (Å²) in [6.07, 6.45) is 0. The Bertz CT molecular complexity index is 338. The first-order valence-electron chi connectivity index (χ1n) is 4.06. The predicted octanol–water partition coefficient (Wildman–Crippen LogP) is 5.14. The Hall–Kier alpha value is -0.310. The fourth-order valence-corrected chi connectivity index (χ4v) is 1.70. The highest BCUT2D eigenvalue weighted by molar-refractivity contribution is 6.41. The lowest BCUT2D eigenvalue weighted by molar-refractivity contribution is 0.779. The van der Waals surface area contributed by atoms with Gasteiger partial charge in [-0.05, 0) is 26.0 Å². The summed E-state index contributed by atoms with van der Waals surface area (Å²) in [5.41, 5.74) is 0.464. The molecule has 76 valence electrons. The van der Waals surface area contributed by atoms with Crippen LogP contribution in [0.15, 0.2) is 22.4 Å². The van der Waals surface area contributed by atoms with Crippen LogP contribution in [0, 0.1) is 0 Å². The minimum Gasteiger partial charge on any atom is -0.186 e. The molecule has 0 spiro atoms. The van der Waals surface area contributed by atoms with E-state index in [1.54, 1.807) is 12.1 Å². The second-order valence-electron chi connectivity index (χ2n) is 3.03. The summed E-state index contributed by atoms with van der Waals surface area (Å²) in [5, 5.41) is 9.22. The smallest absolute Gasteiger partial charge is 0.123 e. The van der Waals surface area contributed by atoms with Gasteiger partial charge in [-0.2, -0.15) is 10.2 Å². The van der Waals surface area contributed by atoms with Gasteiger partial charge in [0.25, 0.3) is 0 Å². The summed E-state index contributed by atoms with van der Waals surface area (Å²) in [6, 6.07) is 3.28. The van der Waals surface area contributed by atoms with Crippen molar-refractivity contribution in [2.45, 2.75) is 19.9 Å². The monoisotopic (exact) mass is 250 g/mol. The molecular formula is C9H9Cl3N2. The van der Waals surface area contributed by atoms with E-state index in [9.17, 15) is 0 Å². The van der Waals surface area contributed by atoms with Crippen LogP contribution in [0.3, 0.4) is 0 Å². The van der Waals surface area contributed by atoms with Crippen LogP contribution in [-0.4, -0.2) is 6.04 Å². The quantitative estimate of drug-likeness (QED) is 0.650. The molecule has 0 unspecified atom stereocenters. The van der Waals surface area contributed by atoms with Crippen molar-refractivity contribution in [1.82, 2.24) is 0 Å². The first-order valence-corrected chi connectivity index (χ1v) is 5.19. The molecule has 0 aliphatic rings. The lowest BCUT2D eigenvalue weighted by Gasteiger charge is -2.01. The Morgan fingerprint density at radius 1 is 1.07 bits per heavy atom. The Kier molecular flexibility index (Phi) is 4.17. The third kappa shape index (κ3) is 3.12. The molecule has 5 heteroatoms. The van der Waals surface area contributed by atoms with Gasteiger partial charge in [0.05, 0.1) is 16.1 Å². The average molecular weight is 252 g/mol. The van der Waals surface area contributed by atoms with Crippen LogP contribution < -0.4 is 0 Å². The second-order valence-corrected chi connectivity index (χ2v) is 4.28. The minimum absolute atomic E-state index is 0.109. The van der Waals surface area contributed by atoms with Gasteiger partial charge in [0, 0.05) is 5.02 Å². The van der Waals surface area contributed by atoms with Crippen LogP contribution in [0.4, 0.5) is 5.69 Å². The Morgan fingerprint density at radius 2 is 1.57 bits per heavy atom. The third-order valence-corrected chi connectivity index (χ3v) is 2.16. The van der Waals surface area contributed by atoms with Crippen LogP contribution in [0.5, 0.6) is 0 Å². The number of hydrogen-bond donors (Lipinski definition) is 0.